The van der Waals surface area contributed by atoms with Crippen molar-refractivity contribution in [2.45, 2.75) is 46.3 Å². The molecule has 0 rings (SSSR count). The van der Waals surface area contributed by atoms with Crippen LogP contribution in [0.25, 0.3) is 0 Å². The van der Waals surface area contributed by atoms with E-state index in [1.165, 1.54) is 0 Å². The predicted molar refractivity (Wildman–Crippen MR) is 66.0 cm³/mol. The normalized spacial score (nSPS) is 13.1. The molecule has 0 aliphatic carbocycles. The molecule has 0 saturated heterocycles. The molecule has 0 saturated carbocycles. The van der Waals surface area contributed by atoms with Gasteiger partial charge in [0.1, 0.15) is 18.2 Å². The molecule has 0 aliphatic heterocycles. The number of carbonyl (C=O) groups is 2. The molecule has 1 atom stereocenters. The molecule has 2 N–H and O–H groups in total. The minimum absolute atomic E-state index is 0.0853. The average molecular weight is 261 g/mol. The summed E-state index contributed by atoms with van der Waals surface area (Å²) < 4.78 is 9.85. The van der Waals surface area contributed by atoms with E-state index in [-0.39, 0.29) is 19.1 Å². The number of aliphatic hydroxyl groups is 1. The number of alkyl carbamates (subject to hydrolysis) is 1. The molecule has 106 valence electrons. The fraction of sp³-hybridized carbons (Fsp3) is 0.833. The first-order chi connectivity index (χ1) is 8.17. The Morgan fingerprint density at radius 2 is 1.83 bits per heavy atom. The van der Waals surface area contributed by atoms with Crippen molar-refractivity contribution >= 4 is 12.1 Å². The van der Waals surface area contributed by atoms with Gasteiger partial charge in [-0.3, -0.25) is 0 Å². The third-order valence-electron chi connectivity index (χ3n) is 1.93. The molecule has 0 bridgehead atoms. The summed E-state index contributed by atoms with van der Waals surface area (Å²) in [6.45, 7) is 8.44. The summed E-state index contributed by atoms with van der Waals surface area (Å²) in [5.41, 5.74) is -0.624. The van der Waals surface area contributed by atoms with Crippen LogP contribution in [0.15, 0.2) is 0 Å². The number of carbonyl (C=O) groups excluding carboxylic acids is 2. The molecule has 1 amide bonds. The molecule has 0 aliphatic rings. The third-order valence-corrected chi connectivity index (χ3v) is 1.93. The lowest BCUT2D eigenvalue weighted by atomic mass is 10.1. The zero-order chi connectivity index (χ0) is 14.3. The second-order valence-corrected chi connectivity index (χ2v) is 5.26. The molecule has 0 fully saturated rings. The second kappa shape index (κ2) is 7.20. The molecule has 0 aromatic carbocycles. The number of hydrogen-bond donors (Lipinski definition) is 2. The Kier molecular flexibility index (Phi) is 6.68. The van der Waals surface area contributed by atoms with Gasteiger partial charge in [-0.05, 0) is 26.7 Å². The molecular formula is C12H23NO5. The number of esters is 1. The van der Waals surface area contributed by atoms with Gasteiger partial charge in [-0.1, -0.05) is 13.8 Å². The Labute approximate surface area is 108 Å². The van der Waals surface area contributed by atoms with E-state index in [9.17, 15) is 9.59 Å². The van der Waals surface area contributed by atoms with Crippen molar-refractivity contribution in [2.75, 3.05) is 13.2 Å². The number of ether oxygens (including phenoxy) is 2. The fourth-order valence-corrected chi connectivity index (χ4v) is 1.17. The number of hydrogen-bond acceptors (Lipinski definition) is 5. The Balaban J connectivity index is 4.45. The van der Waals surface area contributed by atoms with Crippen LogP contribution < -0.4 is 5.32 Å². The molecule has 0 spiro atoms. The maximum absolute atomic E-state index is 11.6. The Bertz CT molecular complexity index is 283. The molecular weight excluding hydrogens is 238 g/mol. The zero-order valence-corrected chi connectivity index (χ0v) is 11.6. The first kappa shape index (κ1) is 16.7. The van der Waals surface area contributed by atoms with Crippen LogP contribution in [-0.2, 0) is 14.3 Å². The summed E-state index contributed by atoms with van der Waals surface area (Å²) in [5, 5.41) is 11.0. The van der Waals surface area contributed by atoms with Crippen molar-refractivity contribution in [3.63, 3.8) is 0 Å². The van der Waals surface area contributed by atoms with E-state index in [0.29, 0.717) is 0 Å². The first-order valence-electron chi connectivity index (χ1n) is 5.94. The van der Waals surface area contributed by atoms with Crippen LogP contribution in [0.5, 0.6) is 0 Å². The quantitative estimate of drug-likeness (QED) is 0.723. The van der Waals surface area contributed by atoms with E-state index in [1.54, 1.807) is 34.6 Å². The Morgan fingerprint density at radius 1 is 1.28 bits per heavy atom. The summed E-state index contributed by atoms with van der Waals surface area (Å²) >= 11 is 0. The Hall–Kier alpha value is -1.30. The summed E-state index contributed by atoms with van der Waals surface area (Å²) in [6.07, 6.45) is -0.665. The second-order valence-electron chi connectivity index (χ2n) is 5.26. The number of amides is 1. The lowest BCUT2D eigenvalue weighted by Gasteiger charge is -2.24. The lowest BCUT2D eigenvalue weighted by molar-refractivity contribution is -0.148. The highest BCUT2D eigenvalue weighted by Gasteiger charge is 2.27. The van der Waals surface area contributed by atoms with Crippen molar-refractivity contribution in [3.8, 4) is 0 Å². The van der Waals surface area contributed by atoms with Gasteiger partial charge in [-0.25, -0.2) is 9.59 Å². The molecule has 0 heterocycles. The predicted octanol–water partition coefficient (Wildman–Crippen LogP) is 1.07. The van der Waals surface area contributed by atoms with Gasteiger partial charge in [0, 0.05) is 0 Å². The van der Waals surface area contributed by atoms with E-state index in [4.69, 9.17) is 14.6 Å². The Morgan fingerprint density at radius 3 is 2.22 bits per heavy atom. The van der Waals surface area contributed by atoms with Crippen LogP contribution in [0.4, 0.5) is 4.79 Å². The van der Waals surface area contributed by atoms with Gasteiger partial charge in [-0.2, -0.15) is 0 Å². The van der Waals surface area contributed by atoms with Gasteiger partial charge >= 0.3 is 12.1 Å². The van der Waals surface area contributed by atoms with Gasteiger partial charge in [-0.15, -0.1) is 0 Å². The van der Waals surface area contributed by atoms with Gasteiger partial charge < -0.3 is 19.9 Å². The van der Waals surface area contributed by atoms with Crippen LogP contribution in [0.2, 0.25) is 0 Å². The first-order valence-corrected chi connectivity index (χ1v) is 5.94. The maximum Gasteiger partial charge on any atom is 0.408 e. The van der Waals surface area contributed by atoms with E-state index in [0.717, 1.165) is 0 Å². The molecule has 18 heavy (non-hydrogen) atoms. The van der Waals surface area contributed by atoms with E-state index in [2.05, 4.69) is 5.32 Å². The SMILES string of the molecule is CC(C)C(NC(=O)OC(C)(C)C)C(=O)OCCO. The number of nitrogens with one attached hydrogen (secondary N) is 1. The minimum Gasteiger partial charge on any atom is -0.462 e. The van der Waals surface area contributed by atoms with Crippen molar-refractivity contribution in [1.29, 1.82) is 0 Å². The van der Waals surface area contributed by atoms with Crippen LogP contribution in [0.3, 0.4) is 0 Å². The topological polar surface area (TPSA) is 84.9 Å². The molecule has 6 nitrogen and oxygen atoms in total. The van der Waals surface area contributed by atoms with Gasteiger partial charge in [0.2, 0.25) is 0 Å². The van der Waals surface area contributed by atoms with Crippen LogP contribution in [-0.4, -0.2) is 42.0 Å². The number of rotatable bonds is 5. The maximum atomic E-state index is 11.6. The zero-order valence-electron chi connectivity index (χ0n) is 11.6. The van der Waals surface area contributed by atoms with Crippen molar-refractivity contribution < 1.29 is 24.2 Å². The molecule has 0 aromatic heterocycles. The fourth-order valence-electron chi connectivity index (χ4n) is 1.17. The van der Waals surface area contributed by atoms with Crippen LogP contribution >= 0.6 is 0 Å². The highest BCUT2D eigenvalue weighted by molar-refractivity contribution is 5.81. The van der Waals surface area contributed by atoms with E-state index >= 15 is 0 Å². The van der Waals surface area contributed by atoms with E-state index < -0.39 is 23.7 Å². The van der Waals surface area contributed by atoms with Crippen molar-refractivity contribution in [1.82, 2.24) is 5.32 Å². The van der Waals surface area contributed by atoms with Crippen molar-refractivity contribution in [2.24, 2.45) is 5.92 Å². The standard InChI is InChI=1S/C12H23NO5/c1-8(2)9(10(15)17-7-6-14)13-11(16)18-12(3,4)5/h8-9,14H,6-7H2,1-5H3,(H,13,16). The summed E-state index contributed by atoms with van der Waals surface area (Å²) in [4.78, 5) is 23.2. The summed E-state index contributed by atoms with van der Waals surface area (Å²) in [5.74, 6) is -0.714. The van der Waals surface area contributed by atoms with Crippen LogP contribution in [0, 0.1) is 5.92 Å². The third kappa shape index (κ3) is 7.11. The minimum atomic E-state index is -0.786. The molecule has 1 unspecified atom stereocenters. The van der Waals surface area contributed by atoms with Gasteiger partial charge in [0.25, 0.3) is 0 Å². The van der Waals surface area contributed by atoms with Crippen LogP contribution in [0.1, 0.15) is 34.6 Å². The highest BCUT2D eigenvalue weighted by atomic mass is 16.6. The van der Waals surface area contributed by atoms with Gasteiger partial charge in [0.05, 0.1) is 6.61 Å². The largest absolute Gasteiger partial charge is 0.462 e. The summed E-state index contributed by atoms with van der Waals surface area (Å²) in [6, 6.07) is -0.786. The monoisotopic (exact) mass is 261 g/mol. The number of aliphatic hydroxyl groups excluding tert-OH is 1. The lowest BCUT2D eigenvalue weighted by Crippen LogP contribution is -2.47. The van der Waals surface area contributed by atoms with Gasteiger partial charge in [0.15, 0.2) is 0 Å². The molecule has 0 aromatic rings. The molecule has 0 radical (unpaired) electrons. The summed E-state index contributed by atoms with van der Waals surface area (Å²) in [7, 11) is 0. The molecule has 6 heteroatoms. The average Bonchev–Trinajstić information content (AvgIpc) is 2.19. The van der Waals surface area contributed by atoms with Crippen molar-refractivity contribution in [3.05, 3.63) is 0 Å². The smallest absolute Gasteiger partial charge is 0.408 e. The highest BCUT2D eigenvalue weighted by Crippen LogP contribution is 2.09. The van der Waals surface area contributed by atoms with E-state index in [1.807, 2.05) is 0 Å².